The summed E-state index contributed by atoms with van der Waals surface area (Å²) < 4.78 is 7.57. The lowest BCUT2D eigenvalue weighted by molar-refractivity contribution is 0.0707. The maximum atomic E-state index is 5.32. The zero-order chi connectivity index (χ0) is 8.55. The predicted molar refractivity (Wildman–Crippen MR) is 46.1 cm³/mol. The van der Waals surface area contributed by atoms with Crippen LogP contribution in [-0.4, -0.2) is 22.8 Å². The van der Waals surface area contributed by atoms with Crippen molar-refractivity contribution in [2.45, 2.75) is 32.4 Å². The lowest BCUT2D eigenvalue weighted by atomic mass is 10.1. The highest BCUT2D eigenvalue weighted by atomic mass is 16.5. The maximum Gasteiger partial charge on any atom is 0.105 e. The first kappa shape index (κ1) is 7.80. The van der Waals surface area contributed by atoms with E-state index in [0.717, 1.165) is 25.2 Å². The van der Waals surface area contributed by atoms with Crippen molar-refractivity contribution in [3.63, 3.8) is 0 Å². The minimum absolute atomic E-state index is 0.380. The number of hydrogen-bond acceptors (Lipinski definition) is 2. The highest BCUT2D eigenvalue weighted by molar-refractivity contribution is 5.07. The molecule has 3 heteroatoms. The molecule has 2 heterocycles. The fourth-order valence-electron chi connectivity index (χ4n) is 1.76. The summed E-state index contributed by atoms with van der Waals surface area (Å²) in [5.41, 5.74) is 1.35. The minimum Gasteiger partial charge on any atom is -0.380 e. The standard InChI is InChI=1S/C9H14N2O/c1-7-10-5-8-3-4-9(12-2)6-11(7)8/h5,9H,3-4,6H2,1-2H3. The van der Waals surface area contributed by atoms with Crippen molar-refractivity contribution in [2.24, 2.45) is 0 Å². The van der Waals surface area contributed by atoms with Gasteiger partial charge in [0.1, 0.15) is 5.82 Å². The Morgan fingerprint density at radius 1 is 1.67 bits per heavy atom. The fourth-order valence-corrected chi connectivity index (χ4v) is 1.76. The Kier molecular flexibility index (Phi) is 1.89. The van der Waals surface area contributed by atoms with Gasteiger partial charge in [-0.3, -0.25) is 0 Å². The summed E-state index contributed by atoms with van der Waals surface area (Å²) in [7, 11) is 1.78. The highest BCUT2D eigenvalue weighted by Crippen LogP contribution is 2.17. The van der Waals surface area contributed by atoms with Gasteiger partial charge in [-0.15, -0.1) is 0 Å². The molecule has 0 saturated heterocycles. The van der Waals surface area contributed by atoms with E-state index in [4.69, 9.17) is 4.74 Å². The Bertz CT molecular complexity index is 280. The normalized spacial score (nSPS) is 22.3. The number of aromatic nitrogens is 2. The third kappa shape index (κ3) is 1.14. The number of nitrogens with zero attached hydrogens (tertiary/aromatic N) is 2. The molecule has 12 heavy (non-hydrogen) atoms. The van der Waals surface area contributed by atoms with Crippen molar-refractivity contribution in [3.05, 3.63) is 17.7 Å². The van der Waals surface area contributed by atoms with E-state index in [1.54, 1.807) is 7.11 Å². The largest absolute Gasteiger partial charge is 0.380 e. The number of hydrogen-bond donors (Lipinski definition) is 0. The van der Waals surface area contributed by atoms with Gasteiger partial charge in [0.05, 0.1) is 12.6 Å². The van der Waals surface area contributed by atoms with E-state index < -0.39 is 0 Å². The molecule has 2 rings (SSSR count). The summed E-state index contributed by atoms with van der Waals surface area (Å²) in [6.07, 6.45) is 4.58. The van der Waals surface area contributed by atoms with Crippen LogP contribution in [0.25, 0.3) is 0 Å². The van der Waals surface area contributed by atoms with E-state index in [1.165, 1.54) is 5.69 Å². The van der Waals surface area contributed by atoms with Gasteiger partial charge < -0.3 is 9.30 Å². The highest BCUT2D eigenvalue weighted by Gasteiger charge is 2.18. The molecule has 0 bridgehead atoms. The topological polar surface area (TPSA) is 27.1 Å². The molecule has 0 aliphatic carbocycles. The molecule has 66 valence electrons. The van der Waals surface area contributed by atoms with Gasteiger partial charge in [-0.1, -0.05) is 0 Å². The summed E-state index contributed by atoms with van der Waals surface area (Å²) in [6, 6.07) is 0. The van der Waals surface area contributed by atoms with E-state index in [0.29, 0.717) is 6.10 Å². The predicted octanol–water partition coefficient (Wildman–Crippen LogP) is 1.15. The number of fused-ring (bicyclic) bond motifs is 1. The van der Waals surface area contributed by atoms with Crippen molar-refractivity contribution in [1.29, 1.82) is 0 Å². The molecule has 0 aromatic carbocycles. The summed E-state index contributed by atoms with van der Waals surface area (Å²) in [6.45, 7) is 3.01. The second-order valence-corrected chi connectivity index (χ2v) is 3.30. The molecule has 0 amide bonds. The van der Waals surface area contributed by atoms with Crippen molar-refractivity contribution in [1.82, 2.24) is 9.55 Å². The van der Waals surface area contributed by atoms with Crippen LogP contribution in [-0.2, 0) is 17.7 Å². The van der Waals surface area contributed by atoms with Gasteiger partial charge in [0.15, 0.2) is 0 Å². The number of methoxy groups -OCH3 is 1. The summed E-state index contributed by atoms with van der Waals surface area (Å²) in [4.78, 5) is 4.27. The average molecular weight is 166 g/mol. The van der Waals surface area contributed by atoms with Gasteiger partial charge in [0, 0.05) is 19.0 Å². The molecular formula is C9H14N2O. The zero-order valence-corrected chi connectivity index (χ0v) is 7.58. The van der Waals surface area contributed by atoms with Gasteiger partial charge in [-0.05, 0) is 19.8 Å². The molecular weight excluding hydrogens is 152 g/mol. The van der Waals surface area contributed by atoms with Crippen molar-refractivity contribution in [2.75, 3.05) is 7.11 Å². The van der Waals surface area contributed by atoms with Crippen molar-refractivity contribution in [3.8, 4) is 0 Å². The molecule has 1 aliphatic rings. The van der Waals surface area contributed by atoms with Crippen LogP contribution in [0.4, 0.5) is 0 Å². The van der Waals surface area contributed by atoms with Crippen LogP contribution < -0.4 is 0 Å². The van der Waals surface area contributed by atoms with Crippen LogP contribution in [0, 0.1) is 6.92 Å². The van der Waals surface area contributed by atoms with Gasteiger partial charge in [0.2, 0.25) is 0 Å². The third-order valence-corrected chi connectivity index (χ3v) is 2.58. The van der Waals surface area contributed by atoms with Crippen LogP contribution >= 0.6 is 0 Å². The van der Waals surface area contributed by atoms with Crippen LogP contribution in [0.1, 0.15) is 17.9 Å². The summed E-state index contributed by atoms with van der Waals surface area (Å²) in [5, 5.41) is 0. The molecule has 0 fully saturated rings. The zero-order valence-electron chi connectivity index (χ0n) is 7.58. The SMILES string of the molecule is COC1CCc2cnc(C)n2C1. The Hall–Kier alpha value is -0.830. The molecule has 1 atom stereocenters. The molecule has 1 unspecified atom stereocenters. The molecule has 1 aliphatic heterocycles. The third-order valence-electron chi connectivity index (χ3n) is 2.58. The van der Waals surface area contributed by atoms with E-state index in [9.17, 15) is 0 Å². The quantitative estimate of drug-likeness (QED) is 0.626. The Labute approximate surface area is 72.4 Å². The van der Waals surface area contributed by atoms with Crippen molar-refractivity contribution < 1.29 is 4.74 Å². The average Bonchev–Trinajstić information content (AvgIpc) is 2.47. The van der Waals surface area contributed by atoms with E-state index in [-0.39, 0.29) is 0 Å². The molecule has 3 nitrogen and oxygen atoms in total. The lowest BCUT2D eigenvalue weighted by Gasteiger charge is -2.23. The van der Waals surface area contributed by atoms with Crippen LogP contribution in [0.3, 0.4) is 0 Å². The van der Waals surface area contributed by atoms with E-state index in [1.807, 2.05) is 13.1 Å². The van der Waals surface area contributed by atoms with Crippen LogP contribution in [0.2, 0.25) is 0 Å². The molecule has 1 aromatic heterocycles. The van der Waals surface area contributed by atoms with E-state index in [2.05, 4.69) is 9.55 Å². The molecule has 0 spiro atoms. The minimum atomic E-state index is 0.380. The smallest absolute Gasteiger partial charge is 0.105 e. The molecule has 1 aromatic rings. The number of imidazole rings is 1. The first-order chi connectivity index (χ1) is 5.81. The Morgan fingerprint density at radius 3 is 3.25 bits per heavy atom. The molecule has 0 saturated carbocycles. The van der Waals surface area contributed by atoms with Crippen LogP contribution in [0.5, 0.6) is 0 Å². The number of rotatable bonds is 1. The van der Waals surface area contributed by atoms with Crippen molar-refractivity contribution >= 4 is 0 Å². The first-order valence-corrected chi connectivity index (χ1v) is 4.35. The second kappa shape index (κ2) is 2.90. The van der Waals surface area contributed by atoms with Gasteiger partial charge in [0.25, 0.3) is 0 Å². The first-order valence-electron chi connectivity index (χ1n) is 4.35. The van der Waals surface area contributed by atoms with Gasteiger partial charge >= 0.3 is 0 Å². The monoisotopic (exact) mass is 166 g/mol. The lowest BCUT2D eigenvalue weighted by Crippen LogP contribution is -2.26. The van der Waals surface area contributed by atoms with E-state index >= 15 is 0 Å². The van der Waals surface area contributed by atoms with Gasteiger partial charge in [-0.2, -0.15) is 0 Å². The van der Waals surface area contributed by atoms with Gasteiger partial charge in [-0.25, -0.2) is 4.98 Å². The molecule has 0 radical (unpaired) electrons. The maximum absolute atomic E-state index is 5.32. The summed E-state index contributed by atoms with van der Waals surface area (Å²) >= 11 is 0. The Balaban J connectivity index is 2.26. The second-order valence-electron chi connectivity index (χ2n) is 3.30. The summed E-state index contributed by atoms with van der Waals surface area (Å²) in [5.74, 6) is 1.10. The Morgan fingerprint density at radius 2 is 2.50 bits per heavy atom. The molecule has 0 N–H and O–H groups in total. The number of ether oxygens (including phenoxy) is 1. The number of aryl methyl sites for hydroxylation is 2. The van der Waals surface area contributed by atoms with Crippen LogP contribution in [0.15, 0.2) is 6.20 Å². The fraction of sp³-hybridized carbons (Fsp3) is 0.667.